The molecule has 42 heavy (non-hydrogen) atoms. The van der Waals surface area contributed by atoms with E-state index >= 15 is 0 Å². The first-order chi connectivity index (χ1) is 19.3. The van der Waals surface area contributed by atoms with Crippen LogP contribution in [0.5, 0.6) is 0 Å². The lowest BCUT2D eigenvalue weighted by Crippen LogP contribution is -2.33. The summed E-state index contributed by atoms with van der Waals surface area (Å²) < 4.78 is 26.7. The number of hydrogen-bond acceptors (Lipinski definition) is 7. The highest BCUT2D eigenvalue weighted by Gasteiger charge is 2.25. The highest BCUT2D eigenvalue weighted by Crippen LogP contribution is 2.38. The average molecular weight is 639 g/mol. The van der Waals surface area contributed by atoms with Crippen molar-refractivity contribution < 1.29 is 23.4 Å². The number of aliphatic hydroxyl groups is 2. The van der Waals surface area contributed by atoms with E-state index in [1.54, 1.807) is 18.2 Å². The van der Waals surface area contributed by atoms with Crippen molar-refractivity contribution in [3.8, 4) is 11.1 Å². The second kappa shape index (κ2) is 16.8. The molecule has 0 unspecified atom stereocenters. The number of nitrogen functional groups attached to an aromatic ring is 1. The monoisotopic (exact) mass is 637 g/mol. The fraction of sp³-hybridized carbons (Fsp3) is 0.387. The molecule has 1 atom stereocenters. The van der Waals surface area contributed by atoms with Crippen LogP contribution in [0.4, 0.5) is 5.69 Å². The number of rotatable bonds is 13. The molecule has 0 aliphatic heterocycles. The molecule has 0 aromatic heterocycles. The third-order valence-corrected chi connectivity index (χ3v) is 8.77. The maximum Gasteiger partial charge on any atom is 0.265 e. The van der Waals surface area contributed by atoms with Crippen molar-refractivity contribution in [2.45, 2.75) is 50.5 Å². The molecule has 1 aliphatic rings. The van der Waals surface area contributed by atoms with Crippen LogP contribution in [0.15, 0.2) is 66.7 Å². The van der Waals surface area contributed by atoms with Gasteiger partial charge in [0.1, 0.15) is 0 Å². The lowest BCUT2D eigenvalue weighted by atomic mass is 9.89. The van der Waals surface area contributed by atoms with Crippen LogP contribution < -0.4 is 15.8 Å². The van der Waals surface area contributed by atoms with E-state index in [-0.39, 0.29) is 49.5 Å². The third kappa shape index (κ3) is 9.97. The SMILES string of the molecule is Cl.Cl.Nc1ccc([C@H](O)CNCCc2ccc(-c3ccc(C(=O)NS(=O)(=O)CCCO)c(C4CCCC4)c3)cc2)cc1. The molecule has 8 nitrogen and oxygen atoms in total. The van der Waals surface area contributed by atoms with E-state index in [1.165, 1.54) is 5.56 Å². The van der Waals surface area contributed by atoms with Crippen molar-refractivity contribution in [2.75, 3.05) is 31.2 Å². The minimum absolute atomic E-state index is 0. The minimum atomic E-state index is -3.81. The van der Waals surface area contributed by atoms with Crippen LogP contribution in [0.1, 0.15) is 71.2 Å². The van der Waals surface area contributed by atoms with Gasteiger partial charge in [0.2, 0.25) is 10.0 Å². The summed E-state index contributed by atoms with van der Waals surface area (Å²) in [6.07, 6.45) is 4.41. The molecule has 0 radical (unpaired) electrons. The van der Waals surface area contributed by atoms with Crippen LogP contribution in [-0.2, 0) is 16.4 Å². The number of carbonyl (C=O) groups is 1. The Kier molecular flexibility index (Phi) is 14.2. The van der Waals surface area contributed by atoms with Crippen molar-refractivity contribution in [3.63, 3.8) is 0 Å². The molecular formula is C31H41Cl2N3O5S. The highest BCUT2D eigenvalue weighted by molar-refractivity contribution is 7.90. The van der Waals surface area contributed by atoms with Crippen LogP contribution in [-0.4, -0.2) is 50.0 Å². The molecule has 3 aromatic carbocycles. The molecule has 4 rings (SSSR count). The van der Waals surface area contributed by atoms with Crippen molar-refractivity contribution >= 4 is 46.4 Å². The van der Waals surface area contributed by atoms with Gasteiger partial charge in [-0.3, -0.25) is 4.79 Å². The van der Waals surface area contributed by atoms with Gasteiger partial charge in [0, 0.05) is 24.4 Å². The van der Waals surface area contributed by atoms with E-state index in [2.05, 4.69) is 34.3 Å². The van der Waals surface area contributed by atoms with Crippen LogP contribution in [0.25, 0.3) is 11.1 Å². The molecule has 1 aliphatic carbocycles. The average Bonchev–Trinajstić information content (AvgIpc) is 3.49. The molecule has 0 spiro atoms. The summed E-state index contributed by atoms with van der Waals surface area (Å²) in [5.41, 5.74) is 11.7. The van der Waals surface area contributed by atoms with E-state index in [0.717, 1.165) is 60.9 Å². The molecule has 1 fully saturated rings. The van der Waals surface area contributed by atoms with Gasteiger partial charge < -0.3 is 21.3 Å². The standard InChI is InChI=1S/C31H39N3O5S.2ClH/c32-27-13-10-25(11-14-27)30(36)21-33-17-16-22-6-8-23(9-7-22)26-12-15-28(29(20-26)24-4-1-2-5-24)31(37)34-40(38,39)19-3-18-35;;/h6-15,20,24,30,33,35-36H,1-5,16-19,21,32H2,(H,34,37);2*1H/t30-;;/m1../s1. The van der Waals surface area contributed by atoms with E-state index in [4.69, 9.17) is 10.8 Å². The van der Waals surface area contributed by atoms with Gasteiger partial charge >= 0.3 is 0 Å². The summed E-state index contributed by atoms with van der Waals surface area (Å²) in [5.74, 6) is -0.692. The van der Waals surface area contributed by atoms with Gasteiger partial charge in [-0.15, -0.1) is 24.8 Å². The van der Waals surface area contributed by atoms with Gasteiger partial charge in [-0.05, 0) is 84.2 Å². The molecular weight excluding hydrogens is 597 g/mol. The second-order valence-corrected chi connectivity index (χ2v) is 12.3. The number of nitrogens with two attached hydrogens (primary N) is 1. The zero-order valence-electron chi connectivity index (χ0n) is 23.5. The Balaban J connectivity index is 0.00000308. The molecule has 230 valence electrons. The number of amides is 1. The van der Waals surface area contributed by atoms with Crippen LogP contribution in [0, 0.1) is 0 Å². The first kappa shape index (κ1) is 35.5. The number of anilines is 1. The topological polar surface area (TPSA) is 142 Å². The zero-order valence-corrected chi connectivity index (χ0v) is 25.9. The fourth-order valence-corrected chi connectivity index (χ4v) is 6.20. The van der Waals surface area contributed by atoms with Crippen molar-refractivity contribution in [2.24, 2.45) is 0 Å². The molecule has 1 saturated carbocycles. The van der Waals surface area contributed by atoms with Crippen LogP contribution >= 0.6 is 24.8 Å². The predicted octanol–water partition coefficient (Wildman–Crippen LogP) is 4.74. The third-order valence-electron chi connectivity index (χ3n) is 7.45. The van der Waals surface area contributed by atoms with Crippen molar-refractivity contribution in [1.82, 2.24) is 10.0 Å². The first-order valence-electron chi connectivity index (χ1n) is 13.9. The van der Waals surface area contributed by atoms with Crippen LogP contribution in [0.2, 0.25) is 0 Å². The predicted molar refractivity (Wildman–Crippen MR) is 173 cm³/mol. The number of aliphatic hydroxyl groups excluding tert-OH is 2. The first-order valence-corrected chi connectivity index (χ1v) is 15.5. The summed E-state index contributed by atoms with van der Waals surface area (Å²) in [6, 6.07) is 21.1. The van der Waals surface area contributed by atoms with Crippen molar-refractivity contribution in [3.05, 3.63) is 89.0 Å². The van der Waals surface area contributed by atoms with Gasteiger partial charge in [0.15, 0.2) is 0 Å². The minimum Gasteiger partial charge on any atom is -0.399 e. The number of carbonyl (C=O) groups excluding carboxylic acids is 1. The molecule has 3 aromatic rings. The Bertz CT molecular complexity index is 1380. The van der Waals surface area contributed by atoms with Gasteiger partial charge in [-0.2, -0.15) is 0 Å². The molecule has 0 heterocycles. The molecule has 0 saturated heterocycles. The van der Waals surface area contributed by atoms with Gasteiger partial charge in [0.05, 0.1) is 11.9 Å². The number of nitrogens with one attached hydrogen (secondary N) is 2. The summed E-state index contributed by atoms with van der Waals surface area (Å²) in [7, 11) is -3.81. The highest BCUT2D eigenvalue weighted by atomic mass is 35.5. The summed E-state index contributed by atoms with van der Waals surface area (Å²) in [4.78, 5) is 13.0. The molecule has 1 amide bonds. The summed E-state index contributed by atoms with van der Waals surface area (Å²) in [5, 5.41) is 22.6. The molecule has 11 heteroatoms. The van der Waals surface area contributed by atoms with E-state index in [9.17, 15) is 18.3 Å². The zero-order chi connectivity index (χ0) is 28.5. The van der Waals surface area contributed by atoms with E-state index in [1.807, 2.05) is 24.3 Å². The van der Waals surface area contributed by atoms with E-state index in [0.29, 0.717) is 17.8 Å². The number of sulfonamides is 1. The smallest absolute Gasteiger partial charge is 0.265 e. The summed E-state index contributed by atoms with van der Waals surface area (Å²) >= 11 is 0. The normalized spacial score (nSPS) is 14.0. The molecule has 6 N–H and O–H groups in total. The number of benzene rings is 3. The Morgan fingerprint density at radius 3 is 2.24 bits per heavy atom. The lowest BCUT2D eigenvalue weighted by Gasteiger charge is -2.17. The van der Waals surface area contributed by atoms with Gasteiger partial charge in [-0.1, -0.05) is 61.4 Å². The maximum absolute atomic E-state index is 13.0. The Labute approximate surface area is 261 Å². The van der Waals surface area contributed by atoms with E-state index < -0.39 is 22.0 Å². The largest absolute Gasteiger partial charge is 0.399 e. The van der Waals surface area contributed by atoms with Gasteiger partial charge in [0.25, 0.3) is 5.91 Å². The van der Waals surface area contributed by atoms with Crippen molar-refractivity contribution in [1.29, 1.82) is 0 Å². The Morgan fingerprint density at radius 1 is 0.952 bits per heavy atom. The van der Waals surface area contributed by atoms with Crippen LogP contribution in [0.3, 0.4) is 0 Å². The lowest BCUT2D eigenvalue weighted by molar-refractivity contribution is 0.0980. The quantitative estimate of drug-likeness (QED) is 0.135. The van der Waals surface area contributed by atoms with Gasteiger partial charge in [-0.25, -0.2) is 13.1 Å². The number of halogens is 2. The maximum atomic E-state index is 13.0. The fourth-order valence-electron chi connectivity index (χ4n) is 5.20. The second-order valence-electron chi connectivity index (χ2n) is 10.4. The molecule has 0 bridgehead atoms. The Hall–Kier alpha value is -2.66. The summed E-state index contributed by atoms with van der Waals surface area (Å²) in [6.45, 7) is 0.927. The number of hydrogen-bond donors (Lipinski definition) is 5. The Morgan fingerprint density at radius 2 is 1.60 bits per heavy atom.